The number of aliphatic hydroxyl groups excluding tert-OH is 2. The molecule has 13 nitrogen and oxygen atoms in total. The first-order chi connectivity index (χ1) is 22.5. The third kappa shape index (κ3) is 5.73. The largest absolute Gasteiger partial charge is 0.504 e. The molecule has 2 aromatic carbocycles. The summed E-state index contributed by atoms with van der Waals surface area (Å²) >= 11 is 12.2. The molecule has 262 valence electrons. The maximum atomic E-state index is 13.7. The molecule has 2 bridgehead atoms. The summed E-state index contributed by atoms with van der Waals surface area (Å²) in [4.78, 5) is 22.0. The number of likely N-dealkylation sites (tertiary alicyclic amines) is 1. The molecule has 2 aromatic rings. The van der Waals surface area contributed by atoms with Crippen molar-refractivity contribution in [2.75, 3.05) is 20.1 Å². The number of aliphatic carboxylic acids is 2. The van der Waals surface area contributed by atoms with Gasteiger partial charge in [0.1, 0.15) is 6.10 Å². The number of nitrogens with zero attached hydrogens (tertiary/aromatic N) is 2. The van der Waals surface area contributed by atoms with Gasteiger partial charge in [-0.1, -0.05) is 35.3 Å². The molecule has 7 atom stereocenters. The molecule has 48 heavy (non-hydrogen) atoms. The van der Waals surface area contributed by atoms with Gasteiger partial charge in [-0.25, -0.2) is 18.0 Å². The van der Waals surface area contributed by atoms with Crippen molar-refractivity contribution >= 4 is 45.2 Å². The van der Waals surface area contributed by atoms with Crippen molar-refractivity contribution in [3.63, 3.8) is 0 Å². The van der Waals surface area contributed by atoms with Crippen LogP contribution < -0.4 is 4.74 Å². The van der Waals surface area contributed by atoms with Crippen LogP contribution in [0.2, 0.25) is 10.0 Å². The van der Waals surface area contributed by atoms with Gasteiger partial charge >= 0.3 is 11.9 Å². The second kappa shape index (κ2) is 12.6. The van der Waals surface area contributed by atoms with E-state index in [4.69, 9.17) is 48.4 Å². The molecule has 5 aliphatic rings. The van der Waals surface area contributed by atoms with Crippen molar-refractivity contribution in [3.05, 3.63) is 57.1 Å². The lowest BCUT2D eigenvalue weighted by molar-refractivity contribution is -0.195. The fourth-order valence-corrected chi connectivity index (χ4v) is 10.00. The summed E-state index contributed by atoms with van der Waals surface area (Å²) in [5.41, 5.74) is 0.722. The van der Waals surface area contributed by atoms with E-state index in [1.165, 1.54) is 17.1 Å². The number of likely N-dealkylation sites (N-methyl/N-ethyl adjacent to an activating group) is 1. The average Bonchev–Trinajstić information content (AvgIpc) is 3.77. The summed E-state index contributed by atoms with van der Waals surface area (Å²) in [6, 6.07) is 7.96. The number of carboxylic acid groups (broad SMARTS) is 2. The Hall–Kier alpha value is -2.69. The van der Waals surface area contributed by atoms with E-state index >= 15 is 0 Å². The number of aromatic hydroxyl groups is 1. The van der Waals surface area contributed by atoms with E-state index in [-0.39, 0.29) is 17.5 Å². The van der Waals surface area contributed by atoms with Crippen LogP contribution >= 0.6 is 23.2 Å². The van der Waals surface area contributed by atoms with Gasteiger partial charge < -0.3 is 35.4 Å². The van der Waals surface area contributed by atoms with Crippen LogP contribution in [0.4, 0.5) is 0 Å². The van der Waals surface area contributed by atoms with Gasteiger partial charge in [0, 0.05) is 25.2 Å². The summed E-state index contributed by atoms with van der Waals surface area (Å²) in [7, 11) is -2.15. The normalized spacial score (nSPS) is 30.0. The third-order valence-electron chi connectivity index (χ3n) is 10.8. The molecule has 6 N–H and O–H groups in total. The molecular weight excluding hydrogens is 691 g/mol. The molecule has 2 aliphatic heterocycles. The van der Waals surface area contributed by atoms with Crippen molar-refractivity contribution < 1.29 is 53.4 Å². The monoisotopic (exact) mass is 728 g/mol. The Bertz CT molecular complexity index is 1720. The van der Waals surface area contributed by atoms with Crippen LogP contribution in [0.3, 0.4) is 0 Å². The van der Waals surface area contributed by atoms with Crippen LogP contribution in [0.25, 0.3) is 0 Å². The Balaban J connectivity index is 0.000000351. The highest BCUT2D eigenvalue weighted by Gasteiger charge is 2.73. The summed E-state index contributed by atoms with van der Waals surface area (Å²) in [6.45, 7) is 1.82. The van der Waals surface area contributed by atoms with E-state index < -0.39 is 57.3 Å². The van der Waals surface area contributed by atoms with Gasteiger partial charge in [-0.2, -0.15) is 4.31 Å². The van der Waals surface area contributed by atoms with Gasteiger partial charge in [0.2, 0.25) is 10.0 Å². The van der Waals surface area contributed by atoms with Gasteiger partial charge in [-0.3, -0.25) is 4.90 Å². The van der Waals surface area contributed by atoms with Crippen LogP contribution in [0.1, 0.15) is 48.8 Å². The number of carbonyl (C=O) groups is 2. The van der Waals surface area contributed by atoms with Crippen LogP contribution in [-0.2, 0) is 37.2 Å². The lowest BCUT2D eigenvalue weighted by Crippen LogP contribution is -2.78. The highest BCUT2D eigenvalue weighted by atomic mass is 35.5. The molecule has 2 heterocycles. The van der Waals surface area contributed by atoms with Gasteiger partial charge in [-0.15, -0.1) is 0 Å². The Morgan fingerprint density at radius 2 is 1.71 bits per heavy atom. The molecule has 16 heteroatoms. The minimum absolute atomic E-state index is 0.0498. The number of phenolic OH excluding ortho intramolecular Hbond substituents is 1. The molecule has 0 radical (unpaired) electrons. The lowest BCUT2D eigenvalue weighted by Gasteiger charge is -2.64. The first-order valence-electron chi connectivity index (χ1n) is 15.7. The predicted octanol–water partition coefficient (Wildman–Crippen LogP) is 1.97. The van der Waals surface area contributed by atoms with E-state index in [2.05, 4.69) is 4.90 Å². The van der Waals surface area contributed by atoms with E-state index in [1.54, 1.807) is 31.3 Å². The molecule has 0 aromatic heterocycles. The second-order valence-corrected chi connectivity index (χ2v) is 16.3. The summed E-state index contributed by atoms with van der Waals surface area (Å²) in [5.74, 6) is -2.59. The van der Waals surface area contributed by atoms with Crippen molar-refractivity contribution in [3.8, 4) is 11.5 Å². The zero-order valence-electron chi connectivity index (χ0n) is 26.0. The quantitative estimate of drug-likeness (QED) is 0.219. The number of halogens is 2. The minimum Gasteiger partial charge on any atom is -0.504 e. The second-order valence-electron chi connectivity index (χ2n) is 13.5. The number of sulfonamides is 1. The molecule has 1 spiro atoms. The molecule has 2 unspecified atom stereocenters. The van der Waals surface area contributed by atoms with Gasteiger partial charge in [0.15, 0.2) is 23.7 Å². The van der Waals surface area contributed by atoms with E-state index in [9.17, 15) is 28.2 Å². The fraction of sp³-hybridized carbons (Fsp3) is 0.562. The van der Waals surface area contributed by atoms with Crippen molar-refractivity contribution in [2.24, 2.45) is 5.92 Å². The summed E-state index contributed by atoms with van der Waals surface area (Å²) in [6.07, 6.45) is -0.314. The highest BCUT2D eigenvalue weighted by molar-refractivity contribution is 7.88. The zero-order valence-corrected chi connectivity index (χ0v) is 28.3. The Morgan fingerprint density at radius 1 is 1.04 bits per heavy atom. The number of hydrogen-bond acceptors (Lipinski definition) is 10. The maximum absolute atomic E-state index is 13.7. The van der Waals surface area contributed by atoms with E-state index in [1.807, 2.05) is 6.07 Å². The van der Waals surface area contributed by atoms with Crippen LogP contribution in [0.5, 0.6) is 11.5 Å². The van der Waals surface area contributed by atoms with E-state index in [0.717, 1.165) is 24.2 Å². The summed E-state index contributed by atoms with van der Waals surface area (Å²) in [5, 5.41) is 56.6. The van der Waals surface area contributed by atoms with Gasteiger partial charge in [0.25, 0.3) is 0 Å². The first kappa shape index (κ1) is 35.1. The number of rotatable bonds is 9. The zero-order chi connectivity index (χ0) is 34.9. The van der Waals surface area contributed by atoms with Crippen molar-refractivity contribution in [1.82, 2.24) is 9.21 Å². The SMILES string of the molecule is CN([C@H]1CC[C@@]2(O)[C@H]3Cc4ccc(O)c5c4[C@@]2(CCN3CC2CC2)[C@H]1O5)S(=O)(=O)Cc1ccc(Cl)c(Cl)c1.O=C(O)C(O)C(O)C(=O)O. The highest BCUT2D eigenvalue weighted by Crippen LogP contribution is 2.66. The average molecular weight is 730 g/mol. The third-order valence-corrected chi connectivity index (χ3v) is 13.4. The molecule has 3 fully saturated rings. The molecular formula is C32H38Cl2N2O11S. The number of aliphatic hydroxyl groups is 3. The molecule has 0 amide bonds. The van der Waals surface area contributed by atoms with Crippen LogP contribution in [0, 0.1) is 5.92 Å². The number of phenols is 1. The Kier molecular flexibility index (Phi) is 9.21. The van der Waals surface area contributed by atoms with Crippen molar-refractivity contribution in [2.45, 2.75) is 85.7 Å². The number of hydrogen-bond donors (Lipinski definition) is 6. The smallest absolute Gasteiger partial charge is 0.335 e. The topological polar surface area (TPSA) is 205 Å². The van der Waals surface area contributed by atoms with Crippen molar-refractivity contribution in [1.29, 1.82) is 0 Å². The maximum Gasteiger partial charge on any atom is 0.335 e. The minimum atomic E-state index is -3.76. The number of piperidine rings is 1. The Morgan fingerprint density at radius 3 is 2.31 bits per heavy atom. The van der Waals surface area contributed by atoms with Gasteiger partial charge in [-0.05, 0) is 80.3 Å². The molecule has 1 saturated heterocycles. The molecule has 3 aliphatic carbocycles. The first-order valence-corrected chi connectivity index (χ1v) is 18.1. The van der Waals surface area contributed by atoms with Crippen LogP contribution in [0.15, 0.2) is 30.3 Å². The molecule has 2 saturated carbocycles. The standard InChI is InChI=1S/C28H32Cl2N2O5S.C4H6O6/c1-31(38(35,36)15-17-4-6-19(29)20(30)12-17)21-8-9-28(34)23-13-18-5-7-22(33)25-24(18)27(28,26(21)37-25)10-11-32(23)14-16-2-3-16;5-1(3(7)8)2(6)4(9)10/h4-7,12,16,21,23,26,33-34H,2-3,8-11,13-15H2,1H3;1-2,5-6H,(H,7,8)(H,9,10)/t21-,23+,26-,27-,28+;/m0./s1. The van der Waals surface area contributed by atoms with Crippen LogP contribution in [-0.4, -0.2) is 116 Å². The fourth-order valence-electron chi connectivity index (χ4n) is 8.25. The van der Waals surface area contributed by atoms with E-state index in [0.29, 0.717) is 53.0 Å². The number of ether oxygens (including phenoxy) is 1. The predicted molar refractivity (Wildman–Crippen MR) is 173 cm³/mol. The Labute approximate surface area is 287 Å². The summed E-state index contributed by atoms with van der Waals surface area (Å²) < 4.78 is 35.4. The van der Waals surface area contributed by atoms with Gasteiger partial charge in [0.05, 0.1) is 32.9 Å². The number of carboxylic acids is 2. The lowest BCUT2D eigenvalue weighted by atomic mass is 9.48. The number of benzene rings is 2. The molecule has 7 rings (SSSR count).